The van der Waals surface area contributed by atoms with Crippen molar-refractivity contribution in [2.24, 2.45) is 11.7 Å². The van der Waals surface area contributed by atoms with E-state index in [0.717, 1.165) is 29.9 Å². The third-order valence-electron chi connectivity index (χ3n) is 6.00. The van der Waals surface area contributed by atoms with E-state index in [1.807, 2.05) is 18.7 Å². The van der Waals surface area contributed by atoms with E-state index in [1.54, 1.807) is 0 Å². The van der Waals surface area contributed by atoms with Gasteiger partial charge in [-0.1, -0.05) is 0 Å². The molecular formula is C19H26FN5O3. The van der Waals surface area contributed by atoms with Crippen LogP contribution in [0, 0.1) is 11.7 Å². The summed E-state index contributed by atoms with van der Waals surface area (Å²) in [5.74, 6) is 5.46. The summed E-state index contributed by atoms with van der Waals surface area (Å²) < 4.78 is 22.4. The topological polar surface area (TPSA) is 108 Å². The Morgan fingerprint density at radius 3 is 2.46 bits per heavy atom. The van der Waals surface area contributed by atoms with Crippen molar-refractivity contribution in [3.63, 3.8) is 0 Å². The molecule has 8 nitrogen and oxygen atoms in total. The number of fused-ring (bicyclic) bond motifs is 1. The quantitative estimate of drug-likeness (QED) is 0.745. The van der Waals surface area contributed by atoms with Crippen molar-refractivity contribution >= 4 is 11.2 Å². The average molecular weight is 391 g/mol. The fourth-order valence-corrected chi connectivity index (χ4v) is 4.20. The van der Waals surface area contributed by atoms with Crippen LogP contribution in [-0.4, -0.2) is 34.8 Å². The number of hydrogen-bond acceptors (Lipinski definition) is 6. The summed E-state index contributed by atoms with van der Waals surface area (Å²) in [6.07, 6.45) is 3.58. The van der Waals surface area contributed by atoms with Crippen molar-refractivity contribution in [2.75, 3.05) is 30.9 Å². The van der Waals surface area contributed by atoms with Crippen LogP contribution in [0.15, 0.2) is 15.8 Å². The van der Waals surface area contributed by atoms with Gasteiger partial charge < -0.3 is 21.2 Å². The van der Waals surface area contributed by atoms with Crippen LogP contribution in [0.3, 0.4) is 0 Å². The molecular weight excluding hydrogens is 365 g/mol. The molecule has 3 heterocycles. The largest absolute Gasteiger partial charge is 0.492 e. The SMILES string of the molecule is COc1c(N2CCC(C(C)(C)N)C2)c(F)cn2c(=O)n(N)c(=O)c(C3CC3)c12. The number of methoxy groups -OCH3 is 1. The Hall–Kier alpha value is -2.55. The van der Waals surface area contributed by atoms with Gasteiger partial charge in [0, 0.05) is 18.6 Å². The Labute approximate surface area is 161 Å². The number of pyridine rings is 1. The summed E-state index contributed by atoms with van der Waals surface area (Å²) in [6.45, 7) is 5.11. The van der Waals surface area contributed by atoms with E-state index >= 15 is 4.39 Å². The highest BCUT2D eigenvalue weighted by molar-refractivity contribution is 5.78. The van der Waals surface area contributed by atoms with Crippen LogP contribution >= 0.6 is 0 Å². The molecule has 28 heavy (non-hydrogen) atoms. The number of anilines is 1. The number of nitrogen functional groups attached to an aromatic ring is 1. The fourth-order valence-electron chi connectivity index (χ4n) is 4.20. The van der Waals surface area contributed by atoms with Gasteiger partial charge in [-0.15, -0.1) is 0 Å². The number of ether oxygens (including phenoxy) is 1. The van der Waals surface area contributed by atoms with Gasteiger partial charge in [0.1, 0.15) is 11.2 Å². The van der Waals surface area contributed by atoms with Crippen LogP contribution in [0.25, 0.3) is 5.52 Å². The Bertz CT molecular complexity index is 1060. The van der Waals surface area contributed by atoms with Gasteiger partial charge in [0.2, 0.25) is 0 Å². The van der Waals surface area contributed by atoms with E-state index in [-0.39, 0.29) is 23.3 Å². The number of hydrogen-bond donors (Lipinski definition) is 2. The molecule has 0 bridgehead atoms. The maximum absolute atomic E-state index is 15.2. The Morgan fingerprint density at radius 1 is 1.25 bits per heavy atom. The highest BCUT2D eigenvalue weighted by atomic mass is 19.1. The molecule has 152 valence electrons. The molecule has 2 aliphatic rings. The zero-order chi connectivity index (χ0) is 20.4. The number of nitrogens with two attached hydrogens (primary N) is 2. The summed E-state index contributed by atoms with van der Waals surface area (Å²) in [5, 5.41) is 0. The van der Waals surface area contributed by atoms with Crippen LogP contribution in [-0.2, 0) is 0 Å². The van der Waals surface area contributed by atoms with Gasteiger partial charge in [0.05, 0.1) is 18.9 Å². The molecule has 9 heteroatoms. The number of halogens is 1. The lowest BCUT2D eigenvalue weighted by molar-refractivity contribution is 0.348. The van der Waals surface area contributed by atoms with Gasteiger partial charge in [-0.2, -0.15) is 4.68 Å². The monoisotopic (exact) mass is 391 g/mol. The first-order valence-electron chi connectivity index (χ1n) is 9.51. The second kappa shape index (κ2) is 6.23. The van der Waals surface area contributed by atoms with E-state index < -0.39 is 22.6 Å². The van der Waals surface area contributed by atoms with Gasteiger partial charge in [-0.05, 0) is 44.9 Å². The van der Waals surface area contributed by atoms with Crippen LogP contribution in [0.2, 0.25) is 0 Å². The summed E-state index contributed by atoms with van der Waals surface area (Å²) in [7, 11) is 1.42. The van der Waals surface area contributed by atoms with E-state index in [9.17, 15) is 9.59 Å². The summed E-state index contributed by atoms with van der Waals surface area (Å²) in [6, 6.07) is 0. The van der Waals surface area contributed by atoms with Crippen molar-refractivity contribution in [1.82, 2.24) is 9.08 Å². The number of nitrogens with zero attached hydrogens (tertiary/aromatic N) is 3. The minimum atomic E-state index is -0.796. The lowest BCUT2D eigenvalue weighted by Gasteiger charge is -2.28. The van der Waals surface area contributed by atoms with Gasteiger partial charge in [0.25, 0.3) is 5.56 Å². The molecule has 1 atom stereocenters. The molecule has 2 fully saturated rings. The summed E-state index contributed by atoms with van der Waals surface area (Å²) >= 11 is 0. The molecule has 1 aliphatic carbocycles. The lowest BCUT2D eigenvalue weighted by Crippen LogP contribution is -2.44. The zero-order valence-corrected chi connectivity index (χ0v) is 16.4. The normalized spacial score (nSPS) is 20.2. The second-order valence-electron chi connectivity index (χ2n) is 8.48. The predicted molar refractivity (Wildman–Crippen MR) is 105 cm³/mol. The molecule has 1 saturated carbocycles. The third-order valence-corrected chi connectivity index (χ3v) is 6.00. The second-order valence-corrected chi connectivity index (χ2v) is 8.48. The molecule has 0 spiro atoms. The summed E-state index contributed by atoms with van der Waals surface area (Å²) in [4.78, 5) is 27.1. The zero-order valence-electron chi connectivity index (χ0n) is 16.4. The molecule has 2 aromatic heterocycles. The van der Waals surface area contributed by atoms with Gasteiger partial charge in [-0.25, -0.2) is 9.18 Å². The smallest absolute Gasteiger partial charge is 0.354 e. The average Bonchev–Trinajstić information content (AvgIpc) is 3.33. The lowest BCUT2D eigenvalue weighted by atomic mass is 9.88. The fraction of sp³-hybridized carbons (Fsp3) is 0.579. The van der Waals surface area contributed by atoms with E-state index in [1.165, 1.54) is 7.11 Å². The first-order chi connectivity index (χ1) is 13.1. The van der Waals surface area contributed by atoms with E-state index in [4.69, 9.17) is 16.3 Å². The standard InChI is InChI=1S/C19H26FN5O3/c1-19(2,21)11-6-7-23(8-11)14-12(20)9-24-15(16(14)28-3)13(10-4-5-10)17(26)25(22)18(24)27/h9-11H,4-8,21-22H2,1-3H3. The molecule has 1 unspecified atom stereocenters. The minimum Gasteiger partial charge on any atom is -0.492 e. The van der Waals surface area contributed by atoms with Crippen molar-refractivity contribution < 1.29 is 9.13 Å². The first kappa shape index (κ1) is 18.8. The van der Waals surface area contributed by atoms with Gasteiger partial charge >= 0.3 is 5.69 Å². The van der Waals surface area contributed by atoms with Crippen LogP contribution in [0.1, 0.15) is 44.6 Å². The molecule has 1 aliphatic heterocycles. The number of aromatic nitrogens is 2. The maximum Gasteiger partial charge on any atom is 0.354 e. The van der Waals surface area contributed by atoms with Crippen LogP contribution < -0.4 is 32.5 Å². The number of rotatable bonds is 4. The first-order valence-corrected chi connectivity index (χ1v) is 9.51. The minimum absolute atomic E-state index is 0.000544. The molecule has 4 N–H and O–H groups in total. The van der Waals surface area contributed by atoms with Crippen molar-refractivity contribution in [1.29, 1.82) is 0 Å². The molecule has 4 rings (SSSR count). The summed E-state index contributed by atoms with van der Waals surface area (Å²) in [5.41, 5.74) is 5.51. The highest BCUT2D eigenvalue weighted by Crippen LogP contribution is 2.45. The van der Waals surface area contributed by atoms with Crippen LogP contribution in [0.4, 0.5) is 10.1 Å². The molecule has 0 radical (unpaired) electrons. The van der Waals surface area contributed by atoms with Crippen LogP contribution in [0.5, 0.6) is 5.75 Å². The Morgan fingerprint density at radius 2 is 1.93 bits per heavy atom. The predicted octanol–water partition coefficient (Wildman–Crippen LogP) is 0.764. The Kier molecular flexibility index (Phi) is 4.18. The van der Waals surface area contributed by atoms with Gasteiger partial charge in [-0.3, -0.25) is 9.20 Å². The van der Waals surface area contributed by atoms with Crippen molar-refractivity contribution in [3.05, 3.63) is 38.4 Å². The Balaban J connectivity index is 1.98. The molecule has 1 saturated heterocycles. The molecule has 2 aromatic rings. The molecule has 0 aromatic carbocycles. The van der Waals surface area contributed by atoms with Gasteiger partial charge in [0.15, 0.2) is 11.6 Å². The molecule has 0 amide bonds. The highest BCUT2D eigenvalue weighted by Gasteiger charge is 2.37. The maximum atomic E-state index is 15.2. The van der Waals surface area contributed by atoms with E-state index in [2.05, 4.69) is 0 Å². The van der Waals surface area contributed by atoms with E-state index in [0.29, 0.717) is 28.8 Å². The third kappa shape index (κ3) is 2.76. The van der Waals surface area contributed by atoms with Crippen molar-refractivity contribution in [3.8, 4) is 5.75 Å². The van der Waals surface area contributed by atoms with Crippen molar-refractivity contribution in [2.45, 2.75) is 44.6 Å².